The first-order valence-corrected chi connectivity index (χ1v) is 6.11. The van der Waals surface area contributed by atoms with E-state index in [0.717, 1.165) is 6.42 Å². The highest BCUT2D eigenvalue weighted by Gasteiger charge is 2.16. The number of H-pyrrole nitrogens is 1. The molecule has 1 amide bonds. The molecule has 2 heterocycles. The highest BCUT2D eigenvalue weighted by atomic mass is 16.3. The van der Waals surface area contributed by atoms with Gasteiger partial charge in [-0.05, 0) is 12.3 Å². The summed E-state index contributed by atoms with van der Waals surface area (Å²) >= 11 is 0. The van der Waals surface area contributed by atoms with Gasteiger partial charge in [-0.15, -0.1) is 0 Å². The molecule has 0 aliphatic heterocycles. The van der Waals surface area contributed by atoms with Gasteiger partial charge in [0.1, 0.15) is 12.0 Å². The smallest absolute Gasteiger partial charge is 0.273 e. The van der Waals surface area contributed by atoms with Crippen molar-refractivity contribution in [1.82, 2.24) is 20.3 Å². The quantitative estimate of drug-likeness (QED) is 0.755. The number of imidazole rings is 1. The number of carbonyl (C=O) groups is 1. The Hall–Kier alpha value is -2.31. The Balaban J connectivity index is 2.01. The van der Waals surface area contributed by atoms with Crippen molar-refractivity contribution in [3.63, 3.8) is 0 Å². The average Bonchev–Trinajstić information content (AvgIpc) is 2.96. The van der Waals surface area contributed by atoms with E-state index in [1.165, 1.54) is 12.6 Å². The number of oxazole rings is 1. The van der Waals surface area contributed by atoms with Gasteiger partial charge in [0, 0.05) is 6.54 Å². The van der Waals surface area contributed by atoms with Crippen LogP contribution in [0.3, 0.4) is 0 Å². The first kappa shape index (κ1) is 13.1. The van der Waals surface area contributed by atoms with Crippen LogP contribution in [0.4, 0.5) is 5.82 Å². The predicted molar refractivity (Wildman–Crippen MR) is 70.3 cm³/mol. The van der Waals surface area contributed by atoms with Crippen molar-refractivity contribution in [1.29, 1.82) is 0 Å². The molecular weight excluding hydrogens is 246 g/mol. The molecule has 7 heteroatoms. The molecule has 2 aromatic rings. The number of nitrogens with two attached hydrogens (primary N) is 1. The molecule has 0 spiro atoms. The fourth-order valence-electron chi connectivity index (χ4n) is 1.53. The van der Waals surface area contributed by atoms with Gasteiger partial charge in [-0.1, -0.05) is 13.8 Å². The van der Waals surface area contributed by atoms with Crippen LogP contribution in [0.25, 0.3) is 11.6 Å². The molecule has 0 aromatic carbocycles. The van der Waals surface area contributed by atoms with Gasteiger partial charge in [0.25, 0.3) is 5.91 Å². The Bertz CT molecular complexity index is 558. The van der Waals surface area contributed by atoms with Gasteiger partial charge in [-0.25, -0.2) is 9.97 Å². The number of hydrogen-bond donors (Lipinski definition) is 3. The van der Waals surface area contributed by atoms with E-state index in [1.54, 1.807) is 0 Å². The van der Waals surface area contributed by atoms with Crippen LogP contribution >= 0.6 is 0 Å². The highest BCUT2D eigenvalue weighted by molar-refractivity contribution is 5.92. The number of aromatic amines is 1. The summed E-state index contributed by atoms with van der Waals surface area (Å²) < 4.78 is 5.22. The van der Waals surface area contributed by atoms with Crippen LogP contribution in [0.5, 0.6) is 0 Å². The largest absolute Gasteiger partial charge is 0.442 e. The number of rotatable bonds is 5. The van der Waals surface area contributed by atoms with Crippen molar-refractivity contribution < 1.29 is 9.21 Å². The molecule has 7 nitrogen and oxygen atoms in total. The second-order valence-electron chi connectivity index (χ2n) is 4.64. The molecule has 0 fully saturated rings. The van der Waals surface area contributed by atoms with Crippen LogP contribution < -0.4 is 11.1 Å². The summed E-state index contributed by atoms with van der Waals surface area (Å²) in [4.78, 5) is 22.5. The van der Waals surface area contributed by atoms with Gasteiger partial charge >= 0.3 is 0 Å². The number of amides is 1. The summed E-state index contributed by atoms with van der Waals surface area (Å²) in [6.07, 6.45) is 3.67. The van der Waals surface area contributed by atoms with E-state index in [1.807, 2.05) is 0 Å². The lowest BCUT2D eigenvalue weighted by atomic mass is 10.1. The van der Waals surface area contributed by atoms with E-state index in [-0.39, 0.29) is 23.3 Å². The van der Waals surface area contributed by atoms with Gasteiger partial charge in [-0.3, -0.25) is 4.79 Å². The number of anilines is 1. The number of nitrogens with zero attached hydrogens (tertiary/aromatic N) is 2. The van der Waals surface area contributed by atoms with E-state index in [2.05, 4.69) is 34.1 Å². The van der Waals surface area contributed by atoms with Crippen LogP contribution in [-0.4, -0.2) is 27.4 Å². The van der Waals surface area contributed by atoms with E-state index >= 15 is 0 Å². The van der Waals surface area contributed by atoms with E-state index in [0.29, 0.717) is 18.2 Å². The van der Waals surface area contributed by atoms with Crippen molar-refractivity contribution in [2.75, 3.05) is 12.3 Å². The molecule has 0 atom stereocenters. The molecule has 0 aliphatic rings. The highest BCUT2D eigenvalue weighted by Crippen LogP contribution is 2.20. The number of aromatic nitrogens is 3. The second kappa shape index (κ2) is 5.55. The third kappa shape index (κ3) is 3.12. The predicted octanol–water partition coefficient (Wildman–Crippen LogP) is 1.42. The number of nitrogens with one attached hydrogen (secondary N) is 2. The normalized spacial score (nSPS) is 10.9. The fraction of sp³-hybridized carbons (Fsp3) is 0.417. The molecule has 0 saturated carbocycles. The third-order valence-corrected chi connectivity index (χ3v) is 2.63. The summed E-state index contributed by atoms with van der Waals surface area (Å²) in [6.45, 7) is 4.81. The van der Waals surface area contributed by atoms with Crippen LogP contribution in [0.2, 0.25) is 0 Å². The maximum Gasteiger partial charge on any atom is 0.273 e. The second-order valence-corrected chi connectivity index (χ2v) is 4.64. The zero-order valence-corrected chi connectivity index (χ0v) is 10.9. The summed E-state index contributed by atoms with van der Waals surface area (Å²) in [5.41, 5.74) is 6.33. The van der Waals surface area contributed by atoms with Crippen molar-refractivity contribution >= 4 is 11.7 Å². The van der Waals surface area contributed by atoms with E-state index < -0.39 is 0 Å². The van der Waals surface area contributed by atoms with Gasteiger partial charge in [0.15, 0.2) is 11.5 Å². The number of nitrogen functional groups attached to an aromatic ring is 1. The minimum absolute atomic E-state index is 0.229. The SMILES string of the molecule is CC(C)CCNC(=O)c1coc(-c2[nH]cnc2N)n1. The molecule has 0 aliphatic carbocycles. The van der Waals surface area contributed by atoms with Crippen molar-refractivity contribution in [2.24, 2.45) is 5.92 Å². The van der Waals surface area contributed by atoms with Crippen molar-refractivity contribution in [2.45, 2.75) is 20.3 Å². The Kier molecular flexibility index (Phi) is 3.84. The van der Waals surface area contributed by atoms with Gasteiger partial charge in [0.2, 0.25) is 5.89 Å². The summed E-state index contributed by atoms with van der Waals surface area (Å²) in [5.74, 6) is 0.823. The lowest BCUT2D eigenvalue weighted by molar-refractivity contribution is 0.0947. The maximum atomic E-state index is 11.8. The monoisotopic (exact) mass is 263 g/mol. The minimum Gasteiger partial charge on any atom is -0.442 e. The van der Waals surface area contributed by atoms with E-state index in [9.17, 15) is 4.79 Å². The molecule has 4 N–H and O–H groups in total. The Morgan fingerprint density at radius 1 is 1.58 bits per heavy atom. The van der Waals surface area contributed by atoms with E-state index in [4.69, 9.17) is 10.2 Å². The first-order valence-electron chi connectivity index (χ1n) is 6.11. The van der Waals surface area contributed by atoms with Crippen LogP contribution in [0.1, 0.15) is 30.8 Å². The van der Waals surface area contributed by atoms with Crippen molar-refractivity contribution in [3.8, 4) is 11.6 Å². The van der Waals surface area contributed by atoms with Gasteiger partial charge in [-0.2, -0.15) is 0 Å². The molecular formula is C12H17N5O2. The third-order valence-electron chi connectivity index (χ3n) is 2.63. The molecule has 0 bridgehead atoms. The first-order chi connectivity index (χ1) is 9.08. The van der Waals surface area contributed by atoms with Crippen LogP contribution in [0, 0.1) is 5.92 Å². The summed E-state index contributed by atoms with van der Waals surface area (Å²) in [5, 5.41) is 2.79. The lowest BCUT2D eigenvalue weighted by Crippen LogP contribution is -2.25. The molecule has 102 valence electrons. The molecule has 0 unspecified atom stereocenters. The molecule has 0 saturated heterocycles. The fourth-order valence-corrected chi connectivity index (χ4v) is 1.53. The van der Waals surface area contributed by atoms with Gasteiger partial charge in [0.05, 0.1) is 6.33 Å². The molecule has 19 heavy (non-hydrogen) atoms. The topological polar surface area (TPSA) is 110 Å². The summed E-state index contributed by atoms with van der Waals surface area (Å²) in [6, 6.07) is 0. The molecule has 2 aromatic heterocycles. The number of hydrogen-bond acceptors (Lipinski definition) is 5. The Morgan fingerprint density at radius 3 is 3.00 bits per heavy atom. The lowest BCUT2D eigenvalue weighted by Gasteiger charge is -2.04. The standard InChI is InChI=1S/C12H17N5O2/c1-7(2)3-4-14-11(18)8-5-19-12(17-8)9-10(13)16-6-15-9/h5-7H,3-4,13H2,1-2H3,(H,14,18)(H,15,16). The summed E-state index contributed by atoms with van der Waals surface area (Å²) in [7, 11) is 0. The van der Waals surface area contributed by atoms with Crippen LogP contribution in [-0.2, 0) is 0 Å². The maximum absolute atomic E-state index is 11.8. The van der Waals surface area contributed by atoms with Crippen LogP contribution in [0.15, 0.2) is 17.0 Å². The molecule has 2 rings (SSSR count). The molecule has 0 radical (unpaired) electrons. The number of carbonyl (C=O) groups excluding carboxylic acids is 1. The Morgan fingerprint density at radius 2 is 2.37 bits per heavy atom. The van der Waals surface area contributed by atoms with Crippen molar-refractivity contribution in [3.05, 3.63) is 18.3 Å². The zero-order chi connectivity index (χ0) is 13.8. The minimum atomic E-state index is -0.256. The average molecular weight is 263 g/mol. The zero-order valence-electron chi connectivity index (χ0n) is 10.9. The Labute approximate surface area is 110 Å². The van der Waals surface area contributed by atoms with Gasteiger partial charge < -0.3 is 20.5 Å².